The van der Waals surface area contributed by atoms with Crippen molar-refractivity contribution in [2.24, 2.45) is 0 Å². The first-order chi connectivity index (χ1) is 14.2. The van der Waals surface area contributed by atoms with Gasteiger partial charge in [-0.25, -0.2) is 9.59 Å². The fraction of sp³-hybridized carbons (Fsp3) is 0.300. The summed E-state index contributed by atoms with van der Waals surface area (Å²) in [6, 6.07) is 3.84. The van der Waals surface area contributed by atoms with Crippen LogP contribution in [-0.2, 0) is 9.47 Å². The highest BCUT2D eigenvalue weighted by molar-refractivity contribution is 5.92. The second-order valence-corrected chi connectivity index (χ2v) is 6.95. The third-order valence-corrected chi connectivity index (χ3v) is 4.74. The first kappa shape index (κ1) is 20.9. The molecular weight excluding hydrogens is 400 g/mol. The molecule has 0 spiro atoms. The van der Waals surface area contributed by atoms with Crippen molar-refractivity contribution in [2.45, 2.75) is 37.9 Å². The maximum absolute atomic E-state index is 12.3. The Bertz CT molecular complexity index is 860. The van der Waals surface area contributed by atoms with E-state index in [4.69, 9.17) is 9.47 Å². The molecule has 3 rings (SSSR count). The van der Waals surface area contributed by atoms with Crippen molar-refractivity contribution < 1.29 is 49.7 Å². The van der Waals surface area contributed by atoms with Crippen LogP contribution in [0.25, 0.3) is 0 Å². The topological polar surface area (TPSA) is 174 Å². The van der Waals surface area contributed by atoms with Crippen LogP contribution in [0.1, 0.15) is 46.4 Å². The fourth-order valence-corrected chi connectivity index (χ4v) is 3.20. The highest BCUT2D eigenvalue weighted by Gasteiger charge is 2.29. The van der Waals surface area contributed by atoms with Gasteiger partial charge in [0.25, 0.3) is 0 Å². The lowest BCUT2D eigenvalue weighted by atomic mass is 9.94. The van der Waals surface area contributed by atoms with Crippen LogP contribution >= 0.6 is 0 Å². The van der Waals surface area contributed by atoms with Crippen molar-refractivity contribution in [3.05, 3.63) is 35.4 Å². The van der Waals surface area contributed by atoms with Crippen LogP contribution in [0.2, 0.25) is 0 Å². The molecule has 0 saturated heterocycles. The molecule has 0 amide bonds. The van der Waals surface area contributed by atoms with E-state index in [9.17, 15) is 40.2 Å². The van der Waals surface area contributed by atoms with Crippen molar-refractivity contribution in [1.82, 2.24) is 0 Å². The molecule has 6 N–H and O–H groups in total. The number of esters is 2. The Hall–Kier alpha value is -3.82. The van der Waals surface area contributed by atoms with Crippen molar-refractivity contribution in [3.8, 4) is 34.5 Å². The van der Waals surface area contributed by atoms with Gasteiger partial charge in [0, 0.05) is 6.42 Å². The van der Waals surface area contributed by atoms with Gasteiger partial charge in [-0.05, 0) is 43.5 Å². The van der Waals surface area contributed by atoms with Gasteiger partial charge in [-0.15, -0.1) is 0 Å². The third-order valence-electron chi connectivity index (χ3n) is 4.74. The molecule has 0 radical (unpaired) electrons. The third kappa shape index (κ3) is 4.43. The molecule has 160 valence electrons. The molecule has 0 aliphatic heterocycles. The summed E-state index contributed by atoms with van der Waals surface area (Å²) in [7, 11) is 0. The number of phenolic OH excluding ortho intramolecular Hbond substituents is 6. The molecule has 10 nitrogen and oxygen atoms in total. The maximum Gasteiger partial charge on any atom is 0.338 e. The largest absolute Gasteiger partial charge is 0.504 e. The Morgan fingerprint density at radius 1 is 0.667 bits per heavy atom. The van der Waals surface area contributed by atoms with Gasteiger partial charge in [0.05, 0.1) is 11.1 Å². The molecule has 2 atom stereocenters. The number of aromatic hydroxyl groups is 6. The van der Waals surface area contributed by atoms with Crippen LogP contribution in [0.3, 0.4) is 0 Å². The standard InChI is InChI=1S/C20H20O10/c21-13-4-9(5-14(22)17(13)25)19(27)29-11-2-1-3-12(8-11)30-20(28)10-6-15(23)18(26)16(24)7-10/h4-7,11-12,21-26H,1-3,8H2/t11-,12-/m1/s1. The summed E-state index contributed by atoms with van der Waals surface area (Å²) in [4.78, 5) is 24.5. The first-order valence-electron chi connectivity index (χ1n) is 9.07. The minimum absolute atomic E-state index is 0.156. The number of ether oxygens (including phenoxy) is 2. The van der Waals surface area contributed by atoms with Crippen molar-refractivity contribution in [3.63, 3.8) is 0 Å². The zero-order valence-electron chi connectivity index (χ0n) is 15.6. The Morgan fingerprint density at radius 2 is 1.00 bits per heavy atom. The maximum atomic E-state index is 12.3. The molecule has 1 fully saturated rings. The van der Waals surface area contributed by atoms with E-state index in [1.54, 1.807) is 0 Å². The van der Waals surface area contributed by atoms with E-state index in [1.165, 1.54) is 0 Å². The van der Waals surface area contributed by atoms with Crippen LogP contribution in [0, 0.1) is 0 Å². The smallest absolute Gasteiger partial charge is 0.338 e. The van der Waals surface area contributed by atoms with E-state index < -0.39 is 58.6 Å². The molecule has 0 bridgehead atoms. The van der Waals surface area contributed by atoms with E-state index in [2.05, 4.69) is 0 Å². The average Bonchev–Trinajstić information content (AvgIpc) is 2.69. The SMILES string of the molecule is O=C(O[C@@H]1CCC[C@@H](OC(=O)c2cc(O)c(O)c(O)c2)C1)c1cc(O)c(O)c(O)c1. The highest BCUT2D eigenvalue weighted by atomic mass is 16.6. The number of benzene rings is 2. The van der Waals surface area contributed by atoms with Crippen LogP contribution in [0.4, 0.5) is 0 Å². The molecule has 30 heavy (non-hydrogen) atoms. The van der Waals surface area contributed by atoms with Gasteiger partial charge in [0.1, 0.15) is 12.2 Å². The molecule has 1 aliphatic rings. The lowest BCUT2D eigenvalue weighted by Gasteiger charge is -2.28. The number of carbonyl (C=O) groups excluding carboxylic acids is 2. The highest BCUT2D eigenvalue weighted by Crippen LogP contribution is 2.37. The summed E-state index contributed by atoms with van der Waals surface area (Å²) in [6.45, 7) is 0. The molecule has 0 unspecified atom stereocenters. The summed E-state index contributed by atoms with van der Waals surface area (Å²) >= 11 is 0. The number of hydrogen-bond acceptors (Lipinski definition) is 10. The van der Waals surface area contributed by atoms with Crippen LogP contribution in [-0.4, -0.2) is 54.8 Å². The van der Waals surface area contributed by atoms with Gasteiger partial charge >= 0.3 is 11.9 Å². The monoisotopic (exact) mass is 420 g/mol. The summed E-state index contributed by atoms with van der Waals surface area (Å²) in [5.74, 6) is -5.83. The Kier molecular flexibility index (Phi) is 5.77. The molecule has 1 saturated carbocycles. The van der Waals surface area contributed by atoms with Crippen molar-refractivity contribution >= 4 is 11.9 Å². The van der Waals surface area contributed by atoms with E-state index in [-0.39, 0.29) is 17.5 Å². The zero-order chi connectivity index (χ0) is 22.0. The zero-order valence-corrected chi connectivity index (χ0v) is 15.6. The quantitative estimate of drug-likeness (QED) is 0.318. The Balaban J connectivity index is 1.63. The summed E-state index contributed by atoms with van der Waals surface area (Å²) in [6.07, 6.45) is 0.623. The van der Waals surface area contributed by atoms with Gasteiger partial charge in [0.2, 0.25) is 0 Å². The van der Waals surface area contributed by atoms with Crippen molar-refractivity contribution in [1.29, 1.82) is 0 Å². The second kappa shape index (κ2) is 8.27. The molecule has 0 heterocycles. The minimum Gasteiger partial charge on any atom is -0.504 e. The molecule has 2 aromatic carbocycles. The normalized spacial score (nSPS) is 18.5. The number of phenols is 6. The number of carbonyl (C=O) groups is 2. The predicted molar refractivity (Wildman–Crippen MR) is 99.7 cm³/mol. The minimum atomic E-state index is -0.828. The Labute approximate surface area is 170 Å². The number of hydrogen-bond donors (Lipinski definition) is 6. The van der Waals surface area contributed by atoms with E-state index in [1.807, 2.05) is 0 Å². The Morgan fingerprint density at radius 3 is 1.33 bits per heavy atom. The summed E-state index contributed by atoms with van der Waals surface area (Å²) in [5, 5.41) is 56.8. The average molecular weight is 420 g/mol. The predicted octanol–water partition coefficient (Wildman–Crippen LogP) is 2.25. The van der Waals surface area contributed by atoms with Gasteiger partial charge < -0.3 is 40.1 Å². The van der Waals surface area contributed by atoms with Gasteiger partial charge in [0.15, 0.2) is 34.5 Å². The lowest BCUT2D eigenvalue weighted by Crippen LogP contribution is -2.31. The lowest BCUT2D eigenvalue weighted by molar-refractivity contribution is -0.0178. The molecule has 1 aliphatic carbocycles. The first-order valence-corrected chi connectivity index (χ1v) is 9.07. The van der Waals surface area contributed by atoms with Gasteiger partial charge in [-0.2, -0.15) is 0 Å². The fourth-order valence-electron chi connectivity index (χ4n) is 3.20. The molecule has 10 heteroatoms. The molecule has 2 aromatic rings. The molecular formula is C20H20O10. The van der Waals surface area contributed by atoms with E-state index >= 15 is 0 Å². The molecule has 0 aromatic heterocycles. The van der Waals surface area contributed by atoms with Crippen LogP contribution < -0.4 is 0 Å². The van der Waals surface area contributed by atoms with Crippen molar-refractivity contribution in [2.75, 3.05) is 0 Å². The van der Waals surface area contributed by atoms with Crippen LogP contribution in [0.15, 0.2) is 24.3 Å². The summed E-state index contributed by atoms with van der Waals surface area (Å²) in [5.41, 5.74) is -0.311. The second-order valence-electron chi connectivity index (χ2n) is 6.95. The number of rotatable bonds is 4. The summed E-state index contributed by atoms with van der Waals surface area (Å²) < 4.78 is 10.7. The van der Waals surface area contributed by atoms with E-state index in [0.29, 0.717) is 19.3 Å². The van der Waals surface area contributed by atoms with Gasteiger partial charge in [-0.3, -0.25) is 0 Å². The van der Waals surface area contributed by atoms with Crippen LogP contribution in [0.5, 0.6) is 34.5 Å². The van der Waals surface area contributed by atoms with E-state index in [0.717, 1.165) is 24.3 Å². The van der Waals surface area contributed by atoms with Gasteiger partial charge in [-0.1, -0.05) is 0 Å².